The number of aromatic amines is 1. The van der Waals surface area contributed by atoms with Gasteiger partial charge in [-0.3, -0.25) is 4.90 Å². The number of amides is 1. The van der Waals surface area contributed by atoms with Crippen LogP contribution in [0.25, 0.3) is 0 Å². The van der Waals surface area contributed by atoms with Crippen LogP contribution in [0.15, 0.2) is 83.7 Å². The fraction of sp³-hybridized carbons (Fsp3) is 0.355. The molecular weight excluding hydrogens is 620 g/mol. The molecule has 0 aliphatic carbocycles. The first-order chi connectivity index (χ1) is 21.8. The SMILES string of the molecule is C[C@@H](OC[C@@]1(c2ccccc2)CCC(n2nn[nH]c2=O)CN1C(=O)OCc1ccccc1)c1cc(C(F)(F)F)cc(C(F)(F)F)c1. The quantitative estimate of drug-likeness (QED) is 0.215. The molecule has 2 heterocycles. The third-order valence-corrected chi connectivity index (χ3v) is 8.03. The number of alkyl halides is 6. The van der Waals surface area contributed by atoms with E-state index in [1.54, 1.807) is 60.7 Å². The number of carbonyl (C=O) groups excluding carboxylic acids is 1. The third kappa shape index (κ3) is 7.09. The molecule has 1 aliphatic heterocycles. The van der Waals surface area contributed by atoms with Crippen molar-refractivity contribution < 1.29 is 40.6 Å². The maximum Gasteiger partial charge on any atom is 0.416 e. The lowest BCUT2D eigenvalue weighted by molar-refractivity contribution is -0.143. The first-order valence-corrected chi connectivity index (χ1v) is 14.2. The first kappa shape index (κ1) is 32.7. The number of benzene rings is 3. The average Bonchev–Trinajstić information content (AvgIpc) is 3.47. The average molecular weight is 650 g/mol. The van der Waals surface area contributed by atoms with Crippen LogP contribution in [0, 0.1) is 0 Å². The molecule has 9 nitrogen and oxygen atoms in total. The van der Waals surface area contributed by atoms with Gasteiger partial charge in [0.05, 0.1) is 35.4 Å². The van der Waals surface area contributed by atoms with Gasteiger partial charge >= 0.3 is 24.1 Å². The predicted octanol–water partition coefficient (Wildman–Crippen LogP) is 6.65. The molecule has 3 aromatic carbocycles. The highest BCUT2D eigenvalue weighted by Crippen LogP contribution is 2.43. The van der Waals surface area contributed by atoms with E-state index in [2.05, 4.69) is 15.5 Å². The summed E-state index contributed by atoms with van der Waals surface area (Å²) in [6.07, 6.45) is -11.6. The summed E-state index contributed by atoms with van der Waals surface area (Å²) >= 11 is 0. The minimum atomic E-state index is -5.03. The van der Waals surface area contributed by atoms with Gasteiger partial charge in [-0.1, -0.05) is 60.7 Å². The van der Waals surface area contributed by atoms with Crippen molar-refractivity contribution in [3.8, 4) is 0 Å². The largest absolute Gasteiger partial charge is 0.445 e. The highest BCUT2D eigenvalue weighted by molar-refractivity contribution is 5.69. The van der Waals surface area contributed by atoms with Gasteiger partial charge in [-0.25, -0.2) is 14.7 Å². The number of nitrogens with zero attached hydrogens (tertiary/aromatic N) is 4. The summed E-state index contributed by atoms with van der Waals surface area (Å²) in [5, 5.41) is 9.58. The van der Waals surface area contributed by atoms with Gasteiger partial charge in [0, 0.05) is 6.54 Å². The smallest absolute Gasteiger partial charge is 0.416 e. The van der Waals surface area contributed by atoms with E-state index in [1.807, 2.05) is 0 Å². The highest BCUT2D eigenvalue weighted by Gasteiger charge is 2.48. The Kier molecular flexibility index (Phi) is 9.24. The minimum Gasteiger partial charge on any atom is -0.445 e. The molecule has 0 radical (unpaired) electrons. The van der Waals surface area contributed by atoms with Gasteiger partial charge in [0.25, 0.3) is 0 Å². The van der Waals surface area contributed by atoms with E-state index < -0.39 is 52.9 Å². The molecule has 1 N–H and O–H groups in total. The maximum atomic E-state index is 13.9. The van der Waals surface area contributed by atoms with Crippen LogP contribution in [0.5, 0.6) is 0 Å². The number of halogens is 6. The normalized spacial score (nSPS) is 19.5. The van der Waals surface area contributed by atoms with Gasteiger partial charge in [0.15, 0.2) is 0 Å². The molecule has 0 saturated carbocycles. The maximum absolute atomic E-state index is 13.9. The van der Waals surface area contributed by atoms with Crippen molar-refractivity contribution in [2.45, 2.75) is 56.4 Å². The van der Waals surface area contributed by atoms with E-state index >= 15 is 0 Å². The molecule has 15 heteroatoms. The monoisotopic (exact) mass is 649 g/mol. The van der Waals surface area contributed by atoms with Crippen LogP contribution in [0.3, 0.4) is 0 Å². The number of nitrogens with one attached hydrogen (secondary N) is 1. The van der Waals surface area contributed by atoms with Gasteiger partial charge in [-0.05, 0) is 65.1 Å². The first-order valence-electron chi connectivity index (χ1n) is 14.2. The van der Waals surface area contributed by atoms with Gasteiger partial charge in [-0.15, -0.1) is 0 Å². The number of aromatic nitrogens is 4. The summed E-state index contributed by atoms with van der Waals surface area (Å²) in [6.45, 7) is 0.843. The van der Waals surface area contributed by atoms with Gasteiger partial charge in [-0.2, -0.15) is 31.0 Å². The number of carbonyl (C=O) groups is 1. The van der Waals surface area contributed by atoms with E-state index in [9.17, 15) is 35.9 Å². The lowest BCUT2D eigenvalue weighted by Gasteiger charge is -2.49. The molecule has 1 amide bonds. The summed E-state index contributed by atoms with van der Waals surface area (Å²) in [4.78, 5) is 27.6. The van der Waals surface area contributed by atoms with Crippen molar-refractivity contribution in [2.24, 2.45) is 0 Å². The van der Waals surface area contributed by atoms with E-state index in [4.69, 9.17) is 9.47 Å². The Morgan fingerprint density at radius 1 is 0.978 bits per heavy atom. The Labute approximate surface area is 258 Å². The number of hydrogen-bond acceptors (Lipinski definition) is 6. The Morgan fingerprint density at radius 2 is 1.59 bits per heavy atom. The molecule has 1 unspecified atom stereocenters. The number of piperidine rings is 1. The second kappa shape index (κ2) is 13.0. The zero-order chi connectivity index (χ0) is 33.1. The van der Waals surface area contributed by atoms with E-state index in [0.717, 1.165) is 4.68 Å². The Hall–Kier alpha value is -4.66. The molecule has 244 valence electrons. The lowest BCUT2D eigenvalue weighted by atomic mass is 9.79. The number of rotatable bonds is 8. The molecule has 0 bridgehead atoms. The summed E-state index contributed by atoms with van der Waals surface area (Å²) in [5.74, 6) is 0. The van der Waals surface area contributed by atoms with Crippen LogP contribution in [0.4, 0.5) is 31.1 Å². The van der Waals surface area contributed by atoms with Crippen LogP contribution in [0.1, 0.15) is 59.7 Å². The number of ether oxygens (including phenoxy) is 2. The third-order valence-electron chi connectivity index (χ3n) is 8.03. The second-order valence-corrected chi connectivity index (χ2v) is 11.0. The summed E-state index contributed by atoms with van der Waals surface area (Å²) < 4.78 is 94.3. The fourth-order valence-corrected chi connectivity index (χ4v) is 5.56. The molecule has 4 aromatic rings. The highest BCUT2D eigenvalue weighted by atomic mass is 19.4. The number of likely N-dealkylation sites (tertiary alicyclic amines) is 1. The standard InChI is InChI=1S/C31H29F6N5O4/c1-20(22-14-24(30(32,33)34)16-25(15-22)31(35,36)37)46-19-29(23-10-6-3-7-11-23)13-12-26(42-27(43)38-39-40-42)17-41(29)28(44)45-18-21-8-4-2-5-9-21/h2-11,14-16,20,26H,12-13,17-19H2,1H3,(H,38,40,43)/t20-,26?,29-/m1/s1. The molecule has 5 rings (SSSR count). The van der Waals surface area contributed by atoms with Gasteiger partial charge < -0.3 is 9.47 Å². The van der Waals surface area contributed by atoms with Crippen molar-refractivity contribution in [3.05, 3.63) is 117 Å². The molecule has 1 aliphatic rings. The molecule has 46 heavy (non-hydrogen) atoms. The van der Waals surface area contributed by atoms with Crippen molar-refractivity contribution in [3.63, 3.8) is 0 Å². The topological polar surface area (TPSA) is 102 Å². The summed E-state index contributed by atoms with van der Waals surface area (Å²) in [7, 11) is 0. The lowest BCUT2D eigenvalue weighted by Crippen LogP contribution is -2.58. The van der Waals surface area contributed by atoms with Crippen LogP contribution >= 0.6 is 0 Å². The van der Waals surface area contributed by atoms with Crippen molar-refractivity contribution in [1.82, 2.24) is 25.1 Å². The Bertz CT molecular complexity index is 1660. The van der Waals surface area contributed by atoms with Crippen LogP contribution < -0.4 is 5.69 Å². The second-order valence-electron chi connectivity index (χ2n) is 11.0. The molecule has 0 spiro atoms. The summed E-state index contributed by atoms with van der Waals surface area (Å²) in [6, 6.07) is 18.2. The zero-order valence-corrected chi connectivity index (χ0v) is 24.4. The Morgan fingerprint density at radius 3 is 2.15 bits per heavy atom. The molecule has 1 aromatic heterocycles. The molecule has 3 atom stereocenters. The van der Waals surface area contributed by atoms with Gasteiger partial charge in [0.2, 0.25) is 0 Å². The summed E-state index contributed by atoms with van der Waals surface area (Å²) in [5.41, 5.74) is -3.86. The van der Waals surface area contributed by atoms with E-state index in [0.29, 0.717) is 29.7 Å². The van der Waals surface area contributed by atoms with Gasteiger partial charge in [0.1, 0.15) is 6.61 Å². The number of tetrazole rings is 1. The Balaban J connectivity index is 1.51. The van der Waals surface area contributed by atoms with Crippen LogP contribution in [-0.4, -0.2) is 44.4 Å². The van der Waals surface area contributed by atoms with Crippen LogP contribution in [-0.2, 0) is 34.0 Å². The zero-order valence-electron chi connectivity index (χ0n) is 24.4. The van der Waals surface area contributed by atoms with Crippen molar-refractivity contribution >= 4 is 6.09 Å². The predicted molar refractivity (Wildman–Crippen MR) is 151 cm³/mol. The number of hydrogen-bond donors (Lipinski definition) is 1. The van der Waals surface area contributed by atoms with Crippen molar-refractivity contribution in [1.29, 1.82) is 0 Å². The molecular formula is C31H29F6N5O4. The molecule has 1 fully saturated rings. The van der Waals surface area contributed by atoms with E-state index in [-0.39, 0.29) is 37.8 Å². The minimum absolute atomic E-state index is 0.0548. The van der Waals surface area contributed by atoms with E-state index in [1.165, 1.54) is 11.8 Å². The molecule has 1 saturated heterocycles. The number of H-pyrrole nitrogens is 1. The van der Waals surface area contributed by atoms with Crippen molar-refractivity contribution in [2.75, 3.05) is 13.2 Å². The fourth-order valence-electron chi connectivity index (χ4n) is 5.56. The van der Waals surface area contributed by atoms with Crippen LogP contribution in [0.2, 0.25) is 0 Å².